The molecule has 2 atom stereocenters. The minimum atomic E-state index is -0.223. The molecule has 0 saturated heterocycles. The van der Waals surface area contributed by atoms with Gasteiger partial charge in [0.2, 0.25) is 5.91 Å². The first-order valence-corrected chi connectivity index (χ1v) is 6.80. The molecule has 104 valence electrons. The van der Waals surface area contributed by atoms with Crippen molar-refractivity contribution in [1.82, 2.24) is 10.6 Å². The summed E-state index contributed by atoms with van der Waals surface area (Å²) in [7, 11) is 1.68. The zero-order valence-electron chi connectivity index (χ0n) is 11.6. The van der Waals surface area contributed by atoms with E-state index in [1.807, 2.05) is 18.2 Å². The first kappa shape index (κ1) is 14.0. The van der Waals surface area contributed by atoms with Crippen LogP contribution in [0.5, 0.6) is 0 Å². The number of ether oxygens (including phenoxy) is 1. The lowest BCUT2D eigenvalue weighted by molar-refractivity contribution is -0.123. The Bertz CT molecular complexity index is 434. The van der Waals surface area contributed by atoms with E-state index >= 15 is 0 Å². The van der Waals surface area contributed by atoms with Crippen molar-refractivity contribution in [2.24, 2.45) is 5.92 Å². The first-order valence-electron chi connectivity index (χ1n) is 6.80. The van der Waals surface area contributed by atoms with Gasteiger partial charge in [-0.3, -0.25) is 4.79 Å². The third-order valence-electron chi connectivity index (χ3n) is 3.45. The average Bonchev–Trinajstić information content (AvgIpc) is 2.44. The standard InChI is InChI=1S/C15H22N2O2/c1-11(10-19-2)9-17-15(18)14-13-6-4-3-5-12(13)7-8-16-14/h3-6,11,14,16H,7-10H2,1-2H3,(H,17,18). The van der Waals surface area contributed by atoms with Crippen LogP contribution >= 0.6 is 0 Å². The van der Waals surface area contributed by atoms with Gasteiger partial charge in [0.05, 0.1) is 6.61 Å². The van der Waals surface area contributed by atoms with E-state index in [0.29, 0.717) is 19.1 Å². The van der Waals surface area contributed by atoms with Crippen LogP contribution in [-0.4, -0.2) is 32.7 Å². The Kier molecular flexibility index (Phi) is 4.93. The Morgan fingerprint density at radius 1 is 1.53 bits per heavy atom. The zero-order chi connectivity index (χ0) is 13.7. The van der Waals surface area contributed by atoms with Gasteiger partial charge in [-0.25, -0.2) is 0 Å². The number of benzene rings is 1. The molecule has 1 amide bonds. The van der Waals surface area contributed by atoms with Gasteiger partial charge in [0, 0.05) is 20.2 Å². The maximum atomic E-state index is 12.3. The molecule has 1 heterocycles. The Morgan fingerprint density at radius 2 is 2.32 bits per heavy atom. The maximum absolute atomic E-state index is 12.3. The molecule has 2 unspecified atom stereocenters. The highest BCUT2D eigenvalue weighted by atomic mass is 16.5. The van der Waals surface area contributed by atoms with E-state index in [1.54, 1.807) is 7.11 Å². The minimum Gasteiger partial charge on any atom is -0.384 e. The van der Waals surface area contributed by atoms with Gasteiger partial charge in [-0.1, -0.05) is 31.2 Å². The van der Waals surface area contributed by atoms with E-state index in [2.05, 4.69) is 23.6 Å². The molecule has 0 aromatic heterocycles. The van der Waals surface area contributed by atoms with E-state index in [4.69, 9.17) is 4.74 Å². The molecule has 0 bridgehead atoms. The number of hydrogen-bond acceptors (Lipinski definition) is 3. The second kappa shape index (κ2) is 6.68. The SMILES string of the molecule is COCC(C)CNC(=O)C1NCCc2ccccc21. The van der Waals surface area contributed by atoms with Crippen molar-refractivity contribution >= 4 is 5.91 Å². The number of carbonyl (C=O) groups excluding carboxylic acids is 1. The minimum absolute atomic E-state index is 0.0510. The van der Waals surface area contributed by atoms with Crippen molar-refractivity contribution in [2.75, 3.05) is 26.8 Å². The molecular formula is C15H22N2O2. The maximum Gasteiger partial charge on any atom is 0.241 e. The summed E-state index contributed by atoms with van der Waals surface area (Å²) in [6.07, 6.45) is 0.986. The molecule has 0 radical (unpaired) electrons. The lowest BCUT2D eigenvalue weighted by Gasteiger charge is -2.26. The number of carbonyl (C=O) groups is 1. The van der Waals surface area contributed by atoms with Crippen molar-refractivity contribution < 1.29 is 9.53 Å². The molecule has 4 heteroatoms. The van der Waals surface area contributed by atoms with Gasteiger partial charge >= 0.3 is 0 Å². The highest BCUT2D eigenvalue weighted by molar-refractivity contribution is 5.83. The Hall–Kier alpha value is -1.39. The predicted molar refractivity (Wildman–Crippen MR) is 74.9 cm³/mol. The van der Waals surface area contributed by atoms with Crippen LogP contribution in [0.3, 0.4) is 0 Å². The largest absolute Gasteiger partial charge is 0.384 e. The quantitative estimate of drug-likeness (QED) is 0.840. The van der Waals surface area contributed by atoms with Crippen LogP contribution < -0.4 is 10.6 Å². The molecule has 4 nitrogen and oxygen atoms in total. The smallest absolute Gasteiger partial charge is 0.241 e. The fourth-order valence-electron chi connectivity index (χ4n) is 2.46. The van der Waals surface area contributed by atoms with E-state index < -0.39 is 0 Å². The average molecular weight is 262 g/mol. The van der Waals surface area contributed by atoms with Gasteiger partial charge in [-0.05, 0) is 23.5 Å². The number of amides is 1. The van der Waals surface area contributed by atoms with Crippen molar-refractivity contribution in [2.45, 2.75) is 19.4 Å². The normalized spacial score (nSPS) is 19.6. The van der Waals surface area contributed by atoms with Crippen molar-refractivity contribution in [3.05, 3.63) is 35.4 Å². The Labute approximate surface area is 114 Å². The Balaban J connectivity index is 1.97. The molecule has 0 fully saturated rings. The second-order valence-electron chi connectivity index (χ2n) is 5.14. The van der Waals surface area contributed by atoms with Crippen LogP contribution in [0.1, 0.15) is 24.1 Å². The van der Waals surface area contributed by atoms with Crippen LogP contribution in [0.4, 0.5) is 0 Å². The highest BCUT2D eigenvalue weighted by Gasteiger charge is 2.25. The molecule has 1 aliphatic rings. The summed E-state index contributed by atoms with van der Waals surface area (Å²) >= 11 is 0. The molecule has 2 rings (SSSR count). The molecule has 0 spiro atoms. The number of hydrogen-bond donors (Lipinski definition) is 2. The van der Waals surface area contributed by atoms with Crippen molar-refractivity contribution in [1.29, 1.82) is 0 Å². The van der Waals surface area contributed by atoms with Crippen LogP contribution in [0.15, 0.2) is 24.3 Å². The fourth-order valence-corrected chi connectivity index (χ4v) is 2.46. The summed E-state index contributed by atoms with van der Waals surface area (Å²) in [5.41, 5.74) is 2.37. The summed E-state index contributed by atoms with van der Waals surface area (Å²) < 4.78 is 5.07. The fraction of sp³-hybridized carbons (Fsp3) is 0.533. The summed E-state index contributed by atoms with van der Waals surface area (Å²) in [6.45, 7) is 4.22. The van der Waals surface area contributed by atoms with Gasteiger partial charge in [-0.15, -0.1) is 0 Å². The second-order valence-corrected chi connectivity index (χ2v) is 5.14. The molecule has 19 heavy (non-hydrogen) atoms. The predicted octanol–water partition coefficient (Wildman–Crippen LogP) is 1.27. The van der Waals surface area contributed by atoms with Crippen LogP contribution in [-0.2, 0) is 16.0 Å². The van der Waals surface area contributed by atoms with Gasteiger partial charge in [0.1, 0.15) is 6.04 Å². The Morgan fingerprint density at radius 3 is 3.11 bits per heavy atom. The molecule has 0 saturated carbocycles. The molecule has 2 N–H and O–H groups in total. The van der Waals surface area contributed by atoms with Crippen LogP contribution in [0, 0.1) is 5.92 Å². The van der Waals surface area contributed by atoms with E-state index in [-0.39, 0.29) is 11.9 Å². The first-order chi connectivity index (χ1) is 9.22. The number of rotatable bonds is 5. The molecule has 1 aromatic carbocycles. The number of nitrogens with one attached hydrogen (secondary N) is 2. The van der Waals surface area contributed by atoms with Gasteiger partial charge in [0.25, 0.3) is 0 Å². The van der Waals surface area contributed by atoms with Gasteiger partial charge < -0.3 is 15.4 Å². The molecule has 1 aromatic rings. The van der Waals surface area contributed by atoms with Crippen molar-refractivity contribution in [3.63, 3.8) is 0 Å². The van der Waals surface area contributed by atoms with E-state index in [0.717, 1.165) is 18.5 Å². The third-order valence-corrected chi connectivity index (χ3v) is 3.45. The number of methoxy groups -OCH3 is 1. The molecular weight excluding hydrogens is 240 g/mol. The lowest BCUT2D eigenvalue weighted by Crippen LogP contribution is -2.42. The summed E-state index contributed by atoms with van der Waals surface area (Å²) in [4.78, 5) is 12.3. The van der Waals surface area contributed by atoms with Gasteiger partial charge in [-0.2, -0.15) is 0 Å². The number of fused-ring (bicyclic) bond motifs is 1. The zero-order valence-corrected chi connectivity index (χ0v) is 11.6. The summed E-state index contributed by atoms with van der Waals surface area (Å²) in [5, 5.41) is 6.28. The van der Waals surface area contributed by atoms with E-state index in [9.17, 15) is 4.79 Å². The lowest BCUT2D eigenvalue weighted by atomic mass is 9.94. The van der Waals surface area contributed by atoms with Crippen LogP contribution in [0.25, 0.3) is 0 Å². The van der Waals surface area contributed by atoms with Gasteiger partial charge in [0.15, 0.2) is 0 Å². The van der Waals surface area contributed by atoms with Crippen LogP contribution in [0.2, 0.25) is 0 Å². The monoisotopic (exact) mass is 262 g/mol. The van der Waals surface area contributed by atoms with E-state index in [1.165, 1.54) is 5.56 Å². The summed E-state index contributed by atoms with van der Waals surface area (Å²) in [5.74, 6) is 0.378. The molecule has 1 aliphatic heterocycles. The highest BCUT2D eigenvalue weighted by Crippen LogP contribution is 2.22. The van der Waals surface area contributed by atoms with Crippen molar-refractivity contribution in [3.8, 4) is 0 Å². The topological polar surface area (TPSA) is 50.4 Å². The molecule has 0 aliphatic carbocycles. The summed E-state index contributed by atoms with van der Waals surface area (Å²) in [6, 6.07) is 7.92. The third kappa shape index (κ3) is 3.55.